The Morgan fingerprint density at radius 2 is 1.57 bits per heavy atom. The molecule has 21 heteroatoms. The van der Waals surface area contributed by atoms with Gasteiger partial charge in [0, 0.05) is 42.8 Å². The van der Waals surface area contributed by atoms with Crippen LogP contribution in [0.5, 0.6) is 0 Å². The number of nitrogens with one attached hydrogen (secondary N) is 6. The first-order valence-corrected chi connectivity index (χ1v) is 20.4. The van der Waals surface area contributed by atoms with Crippen molar-refractivity contribution in [2.45, 2.75) is 94.5 Å². The Morgan fingerprint density at radius 3 is 2.18 bits per heavy atom. The number of carbonyl (C=O) groups excluding carboxylic acids is 9. The number of aromatic amines is 1. The molecule has 1 aliphatic heterocycles. The Kier molecular flexibility index (Phi) is 18.6. The third-order valence-electron chi connectivity index (χ3n) is 10.3. The van der Waals surface area contributed by atoms with E-state index in [0.29, 0.717) is 11.4 Å². The SMILES string of the molecule is CC[C@H](C)[C@H](NC(=O)CNC(=O)CNC(=O)[C@@H](NC(=O)[C@@H]1CN(C(=O)[C@H](NC(=O)[C@H](C)Sc2cc3ccccc3[nH]2)C(N)=O)C[C@H]1O)[C@@H](C)[C@@H](O)CO)C(=O)CCC(C)=O. The molecule has 1 aromatic carbocycles. The Balaban J connectivity index is 1.59. The monoisotopic (exact) mass is 860 g/mol. The van der Waals surface area contributed by atoms with Crippen LogP contribution in [0.25, 0.3) is 10.9 Å². The lowest BCUT2D eigenvalue weighted by Crippen LogP contribution is -2.57. The smallest absolute Gasteiger partial charge is 0.255 e. The molecule has 2 aromatic rings. The second-order valence-corrected chi connectivity index (χ2v) is 16.3. The van der Waals surface area contributed by atoms with E-state index in [1.54, 1.807) is 13.8 Å². The third kappa shape index (κ3) is 13.8. The number of hydrogen-bond donors (Lipinski definition) is 10. The van der Waals surface area contributed by atoms with Gasteiger partial charge in [0.15, 0.2) is 11.8 Å². The molecule has 0 saturated carbocycles. The highest BCUT2D eigenvalue weighted by Gasteiger charge is 2.44. The van der Waals surface area contributed by atoms with Crippen molar-refractivity contribution < 1.29 is 58.5 Å². The zero-order chi connectivity index (χ0) is 44.8. The summed E-state index contributed by atoms with van der Waals surface area (Å²) in [5, 5.41) is 43.5. The van der Waals surface area contributed by atoms with E-state index in [1.165, 1.54) is 13.8 Å². The van der Waals surface area contributed by atoms with E-state index in [-0.39, 0.29) is 30.3 Å². The molecule has 11 N–H and O–H groups in total. The van der Waals surface area contributed by atoms with Gasteiger partial charge in [0.2, 0.25) is 35.4 Å². The molecule has 0 bridgehead atoms. The van der Waals surface area contributed by atoms with Crippen LogP contribution >= 0.6 is 11.8 Å². The number of H-pyrrole nitrogens is 1. The van der Waals surface area contributed by atoms with Gasteiger partial charge < -0.3 is 62.3 Å². The van der Waals surface area contributed by atoms with Crippen LogP contribution in [0.1, 0.15) is 53.9 Å². The van der Waals surface area contributed by atoms with Crippen LogP contribution in [-0.2, 0) is 43.2 Å². The zero-order valence-corrected chi connectivity index (χ0v) is 35.0. The molecule has 0 aliphatic carbocycles. The van der Waals surface area contributed by atoms with Gasteiger partial charge in [-0.15, -0.1) is 0 Å². The third-order valence-corrected chi connectivity index (χ3v) is 11.3. The van der Waals surface area contributed by atoms with E-state index >= 15 is 0 Å². The van der Waals surface area contributed by atoms with Crippen molar-refractivity contribution in [3.8, 4) is 0 Å². The lowest BCUT2D eigenvalue weighted by atomic mass is 9.92. The predicted molar refractivity (Wildman–Crippen MR) is 217 cm³/mol. The van der Waals surface area contributed by atoms with Gasteiger partial charge in [0.1, 0.15) is 11.8 Å². The molecule has 0 radical (unpaired) electrons. The topological polar surface area (TPSA) is 320 Å². The summed E-state index contributed by atoms with van der Waals surface area (Å²) in [5.41, 5.74) is 6.34. The van der Waals surface area contributed by atoms with Crippen molar-refractivity contribution in [3.05, 3.63) is 30.3 Å². The minimum Gasteiger partial charge on any atom is -0.394 e. The van der Waals surface area contributed by atoms with Crippen LogP contribution < -0.4 is 32.3 Å². The van der Waals surface area contributed by atoms with Crippen molar-refractivity contribution >= 4 is 75.6 Å². The van der Waals surface area contributed by atoms with E-state index < -0.39 is 122 Å². The van der Waals surface area contributed by atoms with Crippen LogP contribution in [0, 0.1) is 17.8 Å². The summed E-state index contributed by atoms with van der Waals surface area (Å²) in [4.78, 5) is 119. The molecule has 0 unspecified atom stereocenters. The van der Waals surface area contributed by atoms with Gasteiger partial charge in [-0.3, -0.25) is 38.4 Å². The van der Waals surface area contributed by atoms with Crippen molar-refractivity contribution in [1.82, 2.24) is 36.5 Å². The van der Waals surface area contributed by atoms with Crippen molar-refractivity contribution in [2.75, 3.05) is 32.8 Å². The van der Waals surface area contributed by atoms with Gasteiger partial charge in [-0.1, -0.05) is 57.2 Å². The first-order chi connectivity index (χ1) is 28.3. The summed E-state index contributed by atoms with van der Waals surface area (Å²) in [7, 11) is 0. The summed E-state index contributed by atoms with van der Waals surface area (Å²) >= 11 is 1.15. The van der Waals surface area contributed by atoms with E-state index in [2.05, 4.69) is 31.6 Å². The molecule has 20 nitrogen and oxygen atoms in total. The summed E-state index contributed by atoms with van der Waals surface area (Å²) in [6, 6.07) is 5.00. The average Bonchev–Trinajstić information content (AvgIpc) is 3.82. The second-order valence-electron chi connectivity index (χ2n) is 14.9. The Hall–Kier alpha value is -5.38. The average molecular weight is 861 g/mol. The number of Topliss-reactive ketones (excluding diaryl/α,β-unsaturated/α-hetero) is 2. The molecule has 60 heavy (non-hydrogen) atoms. The number of rotatable bonds is 23. The van der Waals surface area contributed by atoms with Crippen LogP contribution in [0.4, 0.5) is 0 Å². The number of likely N-dealkylation sites (tertiary alicyclic amines) is 1. The highest BCUT2D eigenvalue weighted by molar-refractivity contribution is 8.00. The predicted octanol–water partition coefficient (Wildman–Crippen LogP) is -2.39. The van der Waals surface area contributed by atoms with Crippen LogP contribution in [0.3, 0.4) is 0 Å². The Labute approximate surface area is 350 Å². The number of primary amides is 1. The molecule has 1 saturated heterocycles. The largest absolute Gasteiger partial charge is 0.394 e. The first kappa shape index (κ1) is 49.0. The summed E-state index contributed by atoms with van der Waals surface area (Å²) in [6.07, 6.45) is -2.51. The highest BCUT2D eigenvalue weighted by atomic mass is 32.2. The quantitative estimate of drug-likeness (QED) is 0.0413. The zero-order valence-electron chi connectivity index (χ0n) is 34.2. The molecule has 1 aromatic heterocycles. The summed E-state index contributed by atoms with van der Waals surface area (Å²) < 4.78 is 0. The molecule has 7 amide bonds. The highest BCUT2D eigenvalue weighted by Crippen LogP contribution is 2.27. The molecule has 3 rings (SSSR count). The molecule has 1 fully saturated rings. The standard InChI is InChI=1S/C39H56N8O12S/c1-6-19(2)32(26(50)12-11-20(3)49)44-30(54)15-41-29(53)14-42-38(58)33(21(4)28(52)18-48)45-37(57)24-16-47(17-27(24)51)39(59)34(35(40)55)46-36(56)22(5)60-31-13-23-9-7-8-10-25(23)43-31/h7-10,13,19,21-22,24,27-28,32-34,43,48,51-52H,6,11-12,14-18H2,1-5H3,(H2,40,55)(H,41,53)(H,42,58)(H,44,54)(H,45,57)(H,46,56)/t19-,21-,22-,24+,27+,28-,32-,33-,34+/m0/s1. The number of hydrogen-bond acceptors (Lipinski definition) is 13. The first-order valence-electron chi connectivity index (χ1n) is 19.5. The molecular formula is C39H56N8O12S. The number of para-hydroxylation sites is 1. The number of aromatic nitrogens is 1. The molecule has 330 valence electrons. The molecule has 2 heterocycles. The number of benzene rings is 1. The van der Waals surface area contributed by atoms with Crippen LogP contribution in [0.2, 0.25) is 0 Å². The summed E-state index contributed by atoms with van der Waals surface area (Å²) in [5.74, 6) is -9.58. The molecule has 0 spiro atoms. The van der Waals surface area contributed by atoms with Crippen molar-refractivity contribution in [1.29, 1.82) is 0 Å². The maximum Gasteiger partial charge on any atom is 0.255 e. The number of fused-ring (bicyclic) bond motifs is 1. The normalized spacial score (nSPS) is 18.5. The number of aliphatic hydroxyl groups excluding tert-OH is 3. The lowest BCUT2D eigenvalue weighted by molar-refractivity contribution is -0.141. The van der Waals surface area contributed by atoms with Gasteiger partial charge in [0.05, 0.1) is 54.1 Å². The summed E-state index contributed by atoms with van der Waals surface area (Å²) in [6.45, 7) is 4.88. The fourth-order valence-electron chi connectivity index (χ4n) is 6.33. The van der Waals surface area contributed by atoms with Gasteiger partial charge in [-0.05, 0) is 31.9 Å². The van der Waals surface area contributed by atoms with Crippen molar-refractivity contribution in [3.63, 3.8) is 0 Å². The van der Waals surface area contributed by atoms with E-state index in [0.717, 1.165) is 27.6 Å². The number of carbonyl (C=O) groups is 9. The fraction of sp³-hybridized carbons (Fsp3) is 0.564. The maximum atomic E-state index is 13.5. The number of thioether (sulfide) groups is 1. The number of nitrogens with zero attached hydrogens (tertiary/aromatic N) is 1. The number of β-amino-alcohol motifs (C(OH)–C–C–N with tert-alkyl or cyclic N) is 1. The van der Waals surface area contributed by atoms with Crippen molar-refractivity contribution in [2.24, 2.45) is 23.5 Å². The van der Waals surface area contributed by atoms with Crippen LogP contribution in [0.15, 0.2) is 35.4 Å². The Bertz CT molecular complexity index is 1880. The van der Waals surface area contributed by atoms with E-state index in [9.17, 15) is 58.5 Å². The van der Waals surface area contributed by atoms with Gasteiger partial charge >= 0.3 is 0 Å². The van der Waals surface area contributed by atoms with Gasteiger partial charge in [0.25, 0.3) is 5.91 Å². The minimum absolute atomic E-state index is 0.0263. The lowest BCUT2D eigenvalue weighted by Gasteiger charge is -2.28. The number of amides is 7. The Morgan fingerprint density at radius 1 is 0.900 bits per heavy atom. The number of aliphatic hydroxyl groups is 3. The molecule has 1 aliphatic rings. The van der Waals surface area contributed by atoms with Crippen LogP contribution in [-0.4, -0.2) is 146 Å². The van der Waals surface area contributed by atoms with Gasteiger partial charge in [-0.2, -0.15) is 0 Å². The van der Waals surface area contributed by atoms with E-state index in [4.69, 9.17) is 5.73 Å². The molecular weight excluding hydrogens is 805 g/mol. The number of nitrogens with two attached hydrogens (primary N) is 1. The second kappa shape index (κ2) is 22.8. The molecule has 9 atom stereocenters. The van der Waals surface area contributed by atoms with E-state index in [1.807, 2.05) is 37.3 Å². The minimum atomic E-state index is -1.84. The number of ketones is 2. The van der Waals surface area contributed by atoms with Gasteiger partial charge in [-0.25, -0.2) is 0 Å². The fourth-order valence-corrected chi connectivity index (χ4v) is 7.25. The maximum absolute atomic E-state index is 13.5.